The maximum atomic E-state index is 13.1. The highest BCUT2D eigenvalue weighted by molar-refractivity contribution is 7.89. The van der Waals surface area contributed by atoms with Crippen LogP contribution < -0.4 is 14.8 Å². The van der Waals surface area contributed by atoms with E-state index in [1.165, 1.54) is 26.4 Å². The molecule has 1 aliphatic heterocycles. The Morgan fingerprint density at radius 3 is 2.24 bits per heavy atom. The fraction of sp³-hybridized carbons (Fsp3) is 0.263. The van der Waals surface area contributed by atoms with E-state index in [9.17, 15) is 22.4 Å². The van der Waals surface area contributed by atoms with Gasteiger partial charge in [0.15, 0.2) is 0 Å². The number of hydrogen-bond acceptors (Lipinski definition) is 6. The van der Waals surface area contributed by atoms with Gasteiger partial charge in [-0.15, -0.1) is 0 Å². The standard InChI is InChI=1S/C19H19FN2O6S/c1-27-14-9-13(10-15(11-14)28-2)21-19(24)17-7-8-18(23)22(17)29(25,26)16-5-3-12(20)4-6-16/h3-6,9-11,17H,7-8H2,1-2H3,(H,21,24)/t17-/m0/s1. The minimum atomic E-state index is -4.31. The summed E-state index contributed by atoms with van der Waals surface area (Å²) in [5.74, 6) is -1.12. The lowest BCUT2D eigenvalue weighted by atomic mass is 10.2. The minimum absolute atomic E-state index is 0.0339. The number of ether oxygens (including phenoxy) is 2. The van der Waals surface area contributed by atoms with Crippen LogP contribution in [0.15, 0.2) is 47.4 Å². The summed E-state index contributed by atoms with van der Waals surface area (Å²) in [6.45, 7) is 0. The van der Waals surface area contributed by atoms with E-state index in [0.29, 0.717) is 21.5 Å². The van der Waals surface area contributed by atoms with E-state index in [0.717, 1.165) is 24.3 Å². The highest BCUT2D eigenvalue weighted by atomic mass is 32.2. The Kier molecular flexibility index (Phi) is 5.73. The van der Waals surface area contributed by atoms with Crippen LogP contribution in [0.3, 0.4) is 0 Å². The molecule has 10 heteroatoms. The first kappa shape index (κ1) is 20.6. The molecule has 2 aromatic rings. The van der Waals surface area contributed by atoms with Crippen molar-refractivity contribution < 1.29 is 31.9 Å². The summed E-state index contributed by atoms with van der Waals surface area (Å²) in [4.78, 5) is 24.8. The van der Waals surface area contributed by atoms with Gasteiger partial charge in [0.05, 0.1) is 19.1 Å². The van der Waals surface area contributed by atoms with Crippen LogP contribution >= 0.6 is 0 Å². The molecule has 1 heterocycles. The van der Waals surface area contributed by atoms with Crippen LogP contribution in [-0.2, 0) is 19.6 Å². The number of nitrogens with zero attached hydrogens (tertiary/aromatic N) is 1. The van der Waals surface area contributed by atoms with E-state index in [4.69, 9.17) is 9.47 Å². The van der Waals surface area contributed by atoms with E-state index in [-0.39, 0.29) is 17.7 Å². The first-order chi connectivity index (χ1) is 13.8. The normalized spacial score (nSPS) is 16.6. The molecule has 1 N–H and O–H groups in total. The van der Waals surface area contributed by atoms with Gasteiger partial charge >= 0.3 is 0 Å². The molecule has 0 aromatic heterocycles. The number of benzene rings is 2. The molecule has 1 saturated heterocycles. The SMILES string of the molecule is COc1cc(NC(=O)[C@@H]2CCC(=O)N2S(=O)(=O)c2ccc(F)cc2)cc(OC)c1. The Morgan fingerprint density at radius 2 is 1.69 bits per heavy atom. The molecular formula is C19H19FN2O6S. The molecule has 29 heavy (non-hydrogen) atoms. The van der Waals surface area contributed by atoms with Crippen molar-refractivity contribution in [1.82, 2.24) is 4.31 Å². The van der Waals surface area contributed by atoms with Crippen LogP contribution in [0.5, 0.6) is 11.5 Å². The highest BCUT2D eigenvalue weighted by Gasteiger charge is 2.44. The summed E-state index contributed by atoms with van der Waals surface area (Å²) >= 11 is 0. The zero-order valence-electron chi connectivity index (χ0n) is 15.7. The molecule has 8 nitrogen and oxygen atoms in total. The van der Waals surface area contributed by atoms with E-state index in [2.05, 4.69) is 5.32 Å². The van der Waals surface area contributed by atoms with E-state index >= 15 is 0 Å². The Balaban J connectivity index is 1.88. The van der Waals surface area contributed by atoms with Crippen LogP contribution in [0, 0.1) is 5.82 Å². The molecule has 0 bridgehead atoms. The maximum Gasteiger partial charge on any atom is 0.267 e. The van der Waals surface area contributed by atoms with Gasteiger partial charge in [0.25, 0.3) is 10.0 Å². The van der Waals surface area contributed by atoms with Crippen molar-refractivity contribution >= 4 is 27.5 Å². The smallest absolute Gasteiger partial charge is 0.267 e. The first-order valence-corrected chi connectivity index (χ1v) is 10.1. The molecule has 1 fully saturated rings. The topological polar surface area (TPSA) is 102 Å². The number of rotatable bonds is 6. The van der Waals surface area contributed by atoms with Crippen LogP contribution in [0.4, 0.5) is 10.1 Å². The Hall–Kier alpha value is -3.14. The predicted octanol–water partition coefficient (Wildman–Crippen LogP) is 2.16. The number of amides is 2. The third-order valence-electron chi connectivity index (χ3n) is 4.45. The Bertz CT molecular complexity index is 1020. The summed E-state index contributed by atoms with van der Waals surface area (Å²) in [5.41, 5.74) is 0.324. The highest BCUT2D eigenvalue weighted by Crippen LogP contribution is 2.30. The molecular weight excluding hydrogens is 403 g/mol. The number of methoxy groups -OCH3 is 2. The summed E-state index contributed by atoms with van der Waals surface area (Å²) < 4.78 is 49.8. The maximum absolute atomic E-state index is 13.1. The molecule has 3 rings (SSSR count). The molecule has 0 aliphatic carbocycles. The lowest BCUT2D eigenvalue weighted by Gasteiger charge is -2.24. The van der Waals surface area contributed by atoms with Crippen LogP contribution in [-0.4, -0.2) is 44.8 Å². The Labute approximate surface area is 167 Å². The molecule has 0 unspecified atom stereocenters. The van der Waals surface area contributed by atoms with Gasteiger partial charge in [-0.3, -0.25) is 9.59 Å². The lowest BCUT2D eigenvalue weighted by Crippen LogP contribution is -2.45. The van der Waals surface area contributed by atoms with Crippen molar-refractivity contribution in [3.05, 3.63) is 48.3 Å². The summed E-state index contributed by atoms with van der Waals surface area (Å²) in [5, 5.41) is 2.60. The second-order valence-electron chi connectivity index (χ2n) is 6.29. The second kappa shape index (κ2) is 8.08. The zero-order chi connectivity index (χ0) is 21.2. The molecule has 0 radical (unpaired) electrons. The fourth-order valence-electron chi connectivity index (χ4n) is 3.03. The van der Waals surface area contributed by atoms with Crippen molar-refractivity contribution in [2.24, 2.45) is 0 Å². The average Bonchev–Trinajstić information content (AvgIpc) is 3.10. The number of sulfonamides is 1. The van der Waals surface area contributed by atoms with Gasteiger partial charge in [-0.25, -0.2) is 17.1 Å². The fourth-order valence-corrected chi connectivity index (χ4v) is 4.63. The number of halogens is 1. The Morgan fingerprint density at radius 1 is 1.10 bits per heavy atom. The predicted molar refractivity (Wildman–Crippen MR) is 102 cm³/mol. The zero-order valence-corrected chi connectivity index (χ0v) is 16.5. The first-order valence-electron chi connectivity index (χ1n) is 8.63. The summed E-state index contributed by atoms with van der Waals surface area (Å²) in [6, 6.07) is 7.52. The number of hydrogen-bond donors (Lipinski definition) is 1. The largest absolute Gasteiger partial charge is 0.497 e. The van der Waals surface area contributed by atoms with Crippen LogP contribution in [0.2, 0.25) is 0 Å². The van der Waals surface area contributed by atoms with Gasteiger partial charge in [-0.2, -0.15) is 0 Å². The average molecular weight is 422 g/mol. The second-order valence-corrected chi connectivity index (χ2v) is 8.11. The van der Waals surface area contributed by atoms with Gasteiger partial charge < -0.3 is 14.8 Å². The number of nitrogens with one attached hydrogen (secondary N) is 1. The van der Waals surface area contributed by atoms with Gasteiger partial charge in [0.1, 0.15) is 23.4 Å². The van der Waals surface area contributed by atoms with Crippen LogP contribution in [0.1, 0.15) is 12.8 Å². The van der Waals surface area contributed by atoms with Gasteiger partial charge in [0.2, 0.25) is 11.8 Å². The monoisotopic (exact) mass is 422 g/mol. The van der Waals surface area contributed by atoms with E-state index in [1.807, 2.05) is 0 Å². The van der Waals surface area contributed by atoms with Gasteiger partial charge in [-0.1, -0.05) is 0 Å². The van der Waals surface area contributed by atoms with E-state index < -0.39 is 33.7 Å². The molecule has 2 amide bonds. The third kappa shape index (κ3) is 4.16. The number of carbonyl (C=O) groups is 2. The number of anilines is 1. The molecule has 154 valence electrons. The van der Waals surface area contributed by atoms with Crippen molar-refractivity contribution in [2.75, 3.05) is 19.5 Å². The molecule has 2 aromatic carbocycles. The van der Waals surface area contributed by atoms with Crippen LogP contribution in [0.25, 0.3) is 0 Å². The van der Waals surface area contributed by atoms with Crippen molar-refractivity contribution in [3.63, 3.8) is 0 Å². The molecule has 1 aliphatic rings. The van der Waals surface area contributed by atoms with E-state index in [1.54, 1.807) is 6.07 Å². The number of carbonyl (C=O) groups excluding carboxylic acids is 2. The van der Waals surface area contributed by atoms with Crippen molar-refractivity contribution in [2.45, 2.75) is 23.8 Å². The quantitative estimate of drug-likeness (QED) is 0.766. The summed E-state index contributed by atoms with van der Waals surface area (Å²) in [6.07, 6.45) is -0.0634. The molecule has 0 saturated carbocycles. The van der Waals surface area contributed by atoms with Gasteiger partial charge in [0, 0.05) is 30.3 Å². The van der Waals surface area contributed by atoms with Crippen molar-refractivity contribution in [1.29, 1.82) is 0 Å². The molecule has 0 spiro atoms. The third-order valence-corrected chi connectivity index (χ3v) is 6.30. The van der Waals surface area contributed by atoms with Crippen molar-refractivity contribution in [3.8, 4) is 11.5 Å². The minimum Gasteiger partial charge on any atom is -0.497 e. The van der Waals surface area contributed by atoms with Gasteiger partial charge in [-0.05, 0) is 30.7 Å². The molecule has 1 atom stereocenters. The lowest BCUT2D eigenvalue weighted by molar-refractivity contribution is -0.128. The summed E-state index contributed by atoms with van der Waals surface area (Å²) in [7, 11) is -1.41.